The van der Waals surface area contributed by atoms with E-state index in [1.165, 1.54) is 17.8 Å². The number of halogens is 1. The van der Waals surface area contributed by atoms with Gasteiger partial charge in [-0.2, -0.15) is 0 Å². The maximum atomic E-state index is 13.5. The molecule has 0 radical (unpaired) electrons. The van der Waals surface area contributed by atoms with Gasteiger partial charge in [0.2, 0.25) is 5.91 Å². The lowest BCUT2D eigenvalue weighted by atomic mass is 9.96. The molecule has 1 heterocycles. The Morgan fingerprint density at radius 1 is 1.39 bits per heavy atom. The molecule has 1 aromatic carbocycles. The number of nitrogens with zero attached hydrogens (tertiary/aromatic N) is 1. The average molecular weight is 336 g/mol. The van der Waals surface area contributed by atoms with Crippen LogP contribution in [0.5, 0.6) is 0 Å². The third-order valence-corrected chi connectivity index (χ3v) is 4.64. The number of nitrogens with one attached hydrogen (secondary N) is 1. The van der Waals surface area contributed by atoms with Crippen LogP contribution >= 0.6 is 11.8 Å². The Labute approximate surface area is 139 Å². The van der Waals surface area contributed by atoms with Gasteiger partial charge < -0.3 is 9.84 Å². The SMILES string of the molecule is Cc1noc(C)c1[C@@H](C)CC(=O)NCCSc1ccccc1F. The normalized spacial score (nSPS) is 12.2. The Hall–Kier alpha value is -1.82. The molecule has 1 amide bonds. The molecule has 0 unspecified atom stereocenters. The van der Waals surface area contributed by atoms with Gasteiger partial charge >= 0.3 is 0 Å². The number of thioether (sulfide) groups is 1. The van der Waals surface area contributed by atoms with Crippen molar-refractivity contribution in [3.8, 4) is 0 Å². The van der Waals surface area contributed by atoms with E-state index < -0.39 is 0 Å². The molecule has 1 aromatic heterocycles. The first-order valence-corrected chi connectivity index (χ1v) is 8.54. The van der Waals surface area contributed by atoms with Crippen LogP contribution < -0.4 is 5.32 Å². The fraction of sp³-hybridized carbons (Fsp3) is 0.412. The molecular formula is C17H21FN2O2S. The molecule has 2 rings (SSSR count). The third-order valence-electron chi connectivity index (χ3n) is 3.59. The molecule has 0 bridgehead atoms. The van der Waals surface area contributed by atoms with Crippen LogP contribution in [0.15, 0.2) is 33.7 Å². The predicted molar refractivity (Wildman–Crippen MR) is 89.1 cm³/mol. The largest absolute Gasteiger partial charge is 0.361 e. The van der Waals surface area contributed by atoms with Crippen molar-refractivity contribution in [2.75, 3.05) is 12.3 Å². The lowest BCUT2D eigenvalue weighted by Gasteiger charge is -2.11. The molecule has 4 nitrogen and oxygen atoms in total. The minimum atomic E-state index is -0.226. The zero-order valence-corrected chi connectivity index (χ0v) is 14.4. The number of rotatable bonds is 7. The second-order valence-corrected chi connectivity index (χ2v) is 6.61. The highest BCUT2D eigenvalue weighted by atomic mass is 32.2. The van der Waals surface area contributed by atoms with Gasteiger partial charge in [0, 0.05) is 29.2 Å². The van der Waals surface area contributed by atoms with Gasteiger partial charge in [0.05, 0.1) is 5.69 Å². The number of aromatic nitrogens is 1. The molecule has 0 fully saturated rings. The number of amides is 1. The van der Waals surface area contributed by atoms with E-state index in [1.54, 1.807) is 18.2 Å². The zero-order valence-electron chi connectivity index (χ0n) is 13.6. The van der Waals surface area contributed by atoms with Gasteiger partial charge in [-0.15, -0.1) is 11.8 Å². The second-order valence-electron chi connectivity index (χ2n) is 5.47. The van der Waals surface area contributed by atoms with Gasteiger partial charge in [-0.3, -0.25) is 4.79 Å². The van der Waals surface area contributed by atoms with Crippen LogP contribution in [0.2, 0.25) is 0 Å². The molecule has 23 heavy (non-hydrogen) atoms. The van der Waals surface area contributed by atoms with Crippen molar-refractivity contribution in [3.05, 3.63) is 47.1 Å². The number of aryl methyl sites for hydroxylation is 2. The topological polar surface area (TPSA) is 55.1 Å². The minimum Gasteiger partial charge on any atom is -0.361 e. The Kier molecular flexibility index (Phi) is 6.21. The molecule has 1 N–H and O–H groups in total. The summed E-state index contributed by atoms with van der Waals surface area (Å²) >= 11 is 1.40. The Morgan fingerprint density at radius 3 is 2.78 bits per heavy atom. The summed E-state index contributed by atoms with van der Waals surface area (Å²) in [5.74, 6) is 1.20. The smallest absolute Gasteiger partial charge is 0.220 e. The molecule has 0 saturated heterocycles. The first-order chi connectivity index (χ1) is 11.0. The summed E-state index contributed by atoms with van der Waals surface area (Å²) in [6.07, 6.45) is 0.382. The summed E-state index contributed by atoms with van der Waals surface area (Å²) in [5, 5.41) is 6.79. The van der Waals surface area contributed by atoms with Crippen molar-refractivity contribution in [1.82, 2.24) is 10.5 Å². The second kappa shape index (κ2) is 8.15. The highest BCUT2D eigenvalue weighted by Gasteiger charge is 2.19. The lowest BCUT2D eigenvalue weighted by molar-refractivity contribution is -0.121. The number of hydrogen-bond acceptors (Lipinski definition) is 4. The average Bonchev–Trinajstić information content (AvgIpc) is 2.84. The molecule has 0 saturated carbocycles. The van der Waals surface area contributed by atoms with E-state index in [2.05, 4.69) is 10.5 Å². The third kappa shape index (κ3) is 4.82. The Balaban J connectivity index is 1.74. The van der Waals surface area contributed by atoms with Gasteiger partial charge in [-0.05, 0) is 31.9 Å². The molecule has 0 aliphatic heterocycles. The molecule has 124 valence electrons. The van der Waals surface area contributed by atoms with E-state index in [0.717, 1.165) is 17.0 Å². The van der Waals surface area contributed by atoms with E-state index >= 15 is 0 Å². The quantitative estimate of drug-likeness (QED) is 0.617. The molecular weight excluding hydrogens is 315 g/mol. The molecule has 6 heteroatoms. The van der Waals surface area contributed by atoms with Crippen LogP contribution in [0, 0.1) is 19.7 Å². The maximum absolute atomic E-state index is 13.5. The fourth-order valence-electron chi connectivity index (χ4n) is 2.56. The maximum Gasteiger partial charge on any atom is 0.220 e. The van der Waals surface area contributed by atoms with Crippen LogP contribution in [0.25, 0.3) is 0 Å². The van der Waals surface area contributed by atoms with E-state index in [-0.39, 0.29) is 17.6 Å². The van der Waals surface area contributed by atoms with Crippen molar-refractivity contribution in [3.63, 3.8) is 0 Å². The van der Waals surface area contributed by atoms with Gasteiger partial charge in [-0.1, -0.05) is 24.2 Å². The van der Waals surface area contributed by atoms with Crippen molar-refractivity contribution in [1.29, 1.82) is 0 Å². The van der Waals surface area contributed by atoms with Crippen LogP contribution in [0.3, 0.4) is 0 Å². The van der Waals surface area contributed by atoms with Gasteiger partial charge in [0.15, 0.2) is 0 Å². The Bertz CT molecular complexity index is 653. The minimum absolute atomic E-state index is 0.0216. The van der Waals surface area contributed by atoms with Crippen molar-refractivity contribution < 1.29 is 13.7 Å². The monoisotopic (exact) mass is 336 g/mol. The van der Waals surface area contributed by atoms with Crippen LogP contribution in [-0.2, 0) is 4.79 Å². The van der Waals surface area contributed by atoms with Gasteiger partial charge in [0.25, 0.3) is 0 Å². The summed E-state index contributed by atoms with van der Waals surface area (Å²) in [4.78, 5) is 12.6. The van der Waals surface area contributed by atoms with Crippen molar-refractivity contribution >= 4 is 17.7 Å². The first kappa shape index (κ1) is 17.5. The fourth-order valence-corrected chi connectivity index (χ4v) is 3.36. The van der Waals surface area contributed by atoms with Gasteiger partial charge in [-0.25, -0.2) is 4.39 Å². The van der Waals surface area contributed by atoms with E-state index in [9.17, 15) is 9.18 Å². The van der Waals surface area contributed by atoms with Crippen LogP contribution in [0.1, 0.15) is 36.3 Å². The highest BCUT2D eigenvalue weighted by molar-refractivity contribution is 7.99. The number of hydrogen-bond donors (Lipinski definition) is 1. The molecule has 0 spiro atoms. The molecule has 1 atom stereocenters. The van der Waals surface area contributed by atoms with Crippen LogP contribution in [0.4, 0.5) is 4.39 Å². The number of carbonyl (C=O) groups is 1. The van der Waals surface area contributed by atoms with Gasteiger partial charge in [0.1, 0.15) is 11.6 Å². The first-order valence-electron chi connectivity index (χ1n) is 7.55. The Morgan fingerprint density at radius 2 is 2.13 bits per heavy atom. The summed E-state index contributed by atoms with van der Waals surface area (Å²) in [5.41, 5.74) is 1.83. The molecule has 0 aliphatic rings. The van der Waals surface area contributed by atoms with Crippen molar-refractivity contribution in [2.24, 2.45) is 0 Å². The van der Waals surface area contributed by atoms with Crippen LogP contribution in [-0.4, -0.2) is 23.4 Å². The highest BCUT2D eigenvalue weighted by Crippen LogP contribution is 2.25. The number of benzene rings is 1. The standard InChI is InChI=1S/C17H21FN2O2S/c1-11(17-12(2)20-22-13(17)3)10-16(21)19-8-9-23-15-7-5-4-6-14(15)18/h4-7,11H,8-10H2,1-3H3,(H,19,21)/t11-/m0/s1. The summed E-state index contributed by atoms with van der Waals surface area (Å²) < 4.78 is 18.6. The lowest BCUT2D eigenvalue weighted by Crippen LogP contribution is -2.26. The summed E-state index contributed by atoms with van der Waals surface area (Å²) in [7, 11) is 0. The molecule has 2 aromatic rings. The number of carbonyl (C=O) groups excluding carboxylic acids is 1. The zero-order chi connectivity index (χ0) is 16.8. The summed E-state index contributed by atoms with van der Waals surface area (Å²) in [6, 6.07) is 6.64. The molecule has 0 aliphatic carbocycles. The van der Waals surface area contributed by atoms with Crippen molar-refractivity contribution in [2.45, 2.75) is 38.0 Å². The van der Waals surface area contributed by atoms with E-state index in [1.807, 2.05) is 20.8 Å². The predicted octanol–water partition coefficient (Wildman–Crippen LogP) is 3.83. The van der Waals surface area contributed by atoms with E-state index in [0.29, 0.717) is 23.6 Å². The van der Waals surface area contributed by atoms with E-state index in [4.69, 9.17) is 4.52 Å². The summed E-state index contributed by atoms with van der Waals surface area (Å²) in [6.45, 7) is 6.23.